The number of para-hydroxylation sites is 1. The van der Waals surface area contributed by atoms with Gasteiger partial charge in [-0.3, -0.25) is 5.32 Å². The molecule has 0 aliphatic heterocycles. The number of nitrogens with one attached hydrogen (secondary N) is 2. The molecule has 0 aliphatic carbocycles. The fourth-order valence-corrected chi connectivity index (χ4v) is 5.49. The summed E-state index contributed by atoms with van der Waals surface area (Å²) >= 11 is 1.30. The van der Waals surface area contributed by atoms with Crippen LogP contribution >= 0.6 is 11.3 Å². The fraction of sp³-hybridized carbons (Fsp3) is 0.258. The number of aromatic carboxylic acids is 1. The highest BCUT2D eigenvalue weighted by Gasteiger charge is 2.22. The lowest BCUT2D eigenvalue weighted by Crippen LogP contribution is -2.27. The summed E-state index contributed by atoms with van der Waals surface area (Å²) in [6.07, 6.45) is 2.66. The van der Waals surface area contributed by atoms with Crippen molar-refractivity contribution in [3.63, 3.8) is 0 Å². The first kappa shape index (κ1) is 28.7. The Hall–Kier alpha value is -4.77. The second kappa shape index (κ2) is 11.2. The van der Waals surface area contributed by atoms with Gasteiger partial charge in [0, 0.05) is 28.9 Å². The van der Waals surface area contributed by atoms with Crippen LogP contribution in [-0.2, 0) is 4.74 Å². The molecule has 5 aromatic rings. The third-order valence-electron chi connectivity index (χ3n) is 6.49. The Balaban J connectivity index is 1.62. The fourth-order valence-electron chi connectivity index (χ4n) is 4.67. The number of anilines is 2. The van der Waals surface area contributed by atoms with E-state index in [0.717, 1.165) is 38.0 Å². The number of amides is 1. The summed E-state index contributed by atoms with van der Waals surface area (Å²) in [5.41, 5.74) is 5.68. The quantitative estimate of drug-likeness (QED) is 0.174. The van der Waals surface area contributed by atoms with Crippen molar-refractivity contribution < 1.29 is 24.0 Å². The van der Waals surface area contributed by atoms with Crippen LogP contribution in [-0.4, -0.2) is 37.9 Å². The van der Waals surface area contributed by atoms with Crippen LogP contribution in [0.4, 0.5) is 15.6 Å². The number of carbonyl (C=O) groups excluding carboxylic acids is 1. The minimum Gasteiger partial charge on any atom is -0.478 e. The van der Waals surface area contributed by atoms with E-state index in [1.54, 1.807) is 57.5 Å². The Morgan fingerprint density at radius 2 is 1.86 bits per heavy atom. The van der Waals surface area contributed by atoms with E-state index in [1.807, 2.05) is 32.9 Å². The van der Waals surface area contributed by atoms with E-state index < -0.39 is 17.7 Å². The molecule has 216 valence electrons. The number of pyridine rings is 1. The number of aryl methyl sites for hydroxylation is 2. The van der Waals surface area contributed by atoms with E-state index in [4.69, 9.17) is 14.2 Å². The number of hydrogen-bond acceptors (Lipinski definition) is 9. The molecular formula is C31H31N5O5S. The second-order valence-electron chi connectivity index (χ2n) is 11.0. The molecule has 10 nitrogen and oxygen atoms in total. The van der Waals surface area contributed by atoms with Crippen LogP contribution < -0.4 is 10.6 Å². The number of fused-ring (bicyclic) bond motifs is 1. The maximum atomic E-state index is 12.4. The van der Waals surface area contributed by atoms with Crippen molar-refractivity contribution in [3.05, 3.63) is 77.3 Å². The van der Waals surface area contributed by atoms with Gasteiger partial charge in [0.1, 0.15) is 11.9 Å². The van der Waals surface area contributed by atoms with Crippen LogP contribution in [0.2, 0.25) is 0 Å². The Labute approximate surface area is 246 Å². The van der Waals surface area contributed by atoms with Crippen LogP contribution in [0.3, 0.4) is 0 Å². The van der Waals surface area contributed by atoms with Crippen LogP contribution in [0, 0.1) is 13.8 Å². The second-order valence-corrected chi connectivity index (χ2v) is 12.0. The summed E-state index contributed by atoms with van der Waals surface area (Å²) in [4.78, 5) is 34.5. The molecular weight excluding hydrogens is 554 g/mol. The molecule has 3 N–H and O–H groups in total. The number of rotatable bonds is 7. The van der Waals surface area contributed by atoms with Crippen LogP contribution in [0.15, 0.2) is 59.4 Å². The van der Waals surface area contributed by atoms with Crippen molar-refractivity contribution in [1.29, 1.82) is 0 Å². The number of hydrogen-bond donors (Lipinski definition) is 3. The standard InChI is InChI=1S/C31H31N5O5S/c1-16-11-20(17(2)33-24-10-8-7-9-19(24)28(37)38)21-13-22(27(34-25(21)12-16)23-15-40-36-18(23)3)26-14-32-29(42-26)35-30(39)41-31(4,5)6/h7-15,17,33H,1-6H3,(H,37,38)(H,32,35,39)/t17-/m1/s1. The Morgan fingerprint density at radius 1 is 1.10 bits per heavy atom. The van der Waals surface area contributed by atoms with E-state index in [1.165, 1.54) is 11.3 Å². The topological polar surface area (TPSA) is 139 Å². The maximum absolute atomic E-state index is 12.4. The molecule has 1 atom stereocenters. The van der Waals surface area contributed by atoms with Gasteiger partial charge in [0.25, 0.3) is 0 Å². The zero-order valence-corrected chi connectivity index (χ0v) is 24.9. The summed E-state index contributed by atoms with van der Waals surface area (Å²) in [5.74, 6) is -1.00. The third kappa shape index (κ3) is 6.10. The van der Waals surface area contributed by atoms with Crippen molar-refractivity contribution in [1.82, 2.24) is 15.1 Å². The molecule has 0 saturated heterocycles. The molecule has 0 spiro atoms. The highest BCUT2D eigenvalue weighted by atomic mass is 32.1. The van der Waals surface area contributed by atoms with Crippen molar-refractivity contribution in [2.24, 2.45) is 0 Å². The highest BCUT2D eigenvalue weighted by molar-refractivity contribution is 7.19. The monoisotopic (exact) mass is 585 g/mol. The summed E-state index contributed by atoms with van der Waals surface area (Å²) in [5, 5.41) is 21.1. The molecule has 3 heterocycles. The van der Waals surface area contributed by atoms with Gasteiger partial charge in [-0.1, -0.05) is 34.7 Å². The zero-order valence-electron chi connectivity index (χ0n) is 24.1. The minimum absolute atomic E-state index is 0.194. The molecule has 3 aromatic heterocycles. The van der Waals surface area contributed by atoms with Crippen molar-refractivity contribution in [2.75, 3.05) is 10.6 Å². The van der Waals surface area contributed by atoms with Gasteiger partial charge >= 0.3 is 12.1 Å². The van der Waals surface area contributed by atoms with Gasteiger partial charge in [0.05, 0.1) is 32.9 Å². The number of ether oxygens (including phenoxy) is 1. The van der Waals surface area contributed by atoms with Crippen molar-refractivity contribution in [3.8, 4) is 21.7 Å². The molecule has 11 heteroatoms. The maximum Gasteiger partial charge on any atom is 0.413 e. The molecule has 2 aromatic carbocycles. The molecule has 0 unspecified atom stereocenters. The Kier molecular flexibility index (Phi) is 7.70. The summed E-state index contributed by atoms with van der Waals surface area (Å²) in [7, 11) is 0. The zero-order chi connectivity index (χ0) is 30.2. The highest BCUT2D eigenvalue weighted by Crippen LogP contribution is 2.40. The molecule has 0 fully saturated rings. The van der Waals surface area contributed by atoms with Gasteiger partial charge in [-0.05, 0) is 76.9 Å². The lowest BCUT2D eigenvalue weighted by atomic mass is 9.95. The van der Waals surface area contributed by atoms with Gasteiger partial charge in [-0.2, -0.15) is 0 Å². The van der Waals surface area contributed by atoms with Crippen molar-refractivity contribution >= 4 is 45.1 Å². The lowest BCUT2D eigenvalue weighted by Gasteiger charge is -2.20. The molecule has 0 saturated carbocycles. The number of carbonyl (C=O) groups is 2. The van der Waals surface area contributed by atoms with Crippen LogP contribution in [0.1, 0.15) is 60.9 Å². The van der Waals surface area contributed by atoms with Gasteiger partial charge in [0.2, 0.25) is 0 Å². The van der Waals surface area contributed by atoms with Crippen molar-refractivity contribution in [2.45, 2.75) is 53.2 Å². The first-order valence-electron chi connectivity index (χ1n) is 13.3. The minimum atomic E-state index is -1.00. The average molecular weight is 586 g/mol. The number of benzene rings is 2. The molecule has 0 aliphatic rings. The van der Waals surface area contributed by atoms with E-state index in [-0.39, 0.29) is 11.6 Å². The lowest BCUT2D eigenvalue weighted by molar-refractivity contribution is 0.0634. The van der Waals surface area contributed by atoms with E-state index in [9.17, 15) is 14.7 Å². The van der Waals surface area contributed by atoms with Crippen LogP contribution in [0.5, 0.6) is 0 Å². The molecule has 1 amide bonds. The van der Waals surface area contributed by atoms with Gasteiger partial charge in [0.15, 0.2) is 5.13 Å². The van der Waals surface area contributed by atoms with Gasteiger partial charge in [-0.15, -0.1) is 0 Å². The number of thiazole rings is 1. The van der Waals surface area contributed by atoms with Crippen LogP contribution in [0.25, 0.3) is 32.6 Å². The summed E-state index contributed by atoms with van der Waals surface area (Å²) in [6, 6.07) is 12.7. The van der Waals surface area contributed by atoms with E-state index in [2.05, 4.69) is 26.8 Å². The Bertz CT molecular complexity index is 1800. The third-order valence-corrected chi connectivity index (χ3v) is 7.44. The van der Waals surface area contributed by atoms with Gasteiger partial charge < -0.3 is 19.7 Å². The molecule has 0 bridgehead atoms. The first-order chi connectivity index (χ1) is 19.9. The van der Waals surface area contributed by atoms with E-state index in [0.29, 0.717) is 22.2 Å². The summed E-state index contributed by atoms with van der Waals surface area (Å²) < 4.78 is 10.6. The number of carboxylic acid groups (broad SMARTS) is 1. The Morgan fingerprint density at radius 3 is 2.55 bits per heavy atom. The SMILES string of the molecule is Cc1cc([C@@H](C)Nc2ccccc2C(=O)O)c2cc(-c3cnc(NC(=O)OC(C)(C)C)s3)c(-c3conc3C)nc2c1. The van der Waals surface area contributed by atoms with E-state index >= 15 is 0 Å². The molecule has 42 heavy (non-hydrogen) atoms. The smallest absolute Gasteiger partial charge is 0.413 e. The normalized spacial score (nSPS) is 12.2. The first-order valence-corrected chi connectivity index (χ1v) is 14.1. The average Bonchev–Trinajstić information content (AvgIpc) is 3.55. The predicted molar refractivity (Wildman–Crippen MR) is 163 cm³/mol. The van der Waals surface area contributed by atoms with Gasteiger partial charge in [-0.25, -0.2) is 19.6 Å². The largest absolute Gasteiger partial charge is 0.478 e. The number of carboxylic acids is 1. The predicted octanol–water partition coefficient (Wildman–Crippen LogP) is 7.85. The number of aromatic nitrogens is 3. The summed E-state index contributed by atoms with van der Waals surface area (Å²) in [6.45, 7) is 11.2. The molecule has 0 radical (unpaired) electrons. The molecule has 5 rings (SSSR count). The number of nitrogens with zero attached hydrogens (tertiary/aromatic N) is 3.